The molecule has 1 amide bonds. The van der Waals surface area contributed by atoms with E-state index in [0.717, 1.165) is 31.8 Å². The van der Waals surface area contributed by atoms with Gasteiger partial charge in [0.1, 0.15) is 0 Å². The van der Waals surface area contributed by atoms with E-state index in [2.05, 4.69) is 35.6 Å². The molecule has 1 saturated heterocycles. The summed E-state index contributed by atoms with van der Waals surface area (Å²) in [6, 6.07) is 11.9. The number of carbonyl (C=O) groups excluding carboxylic acids is 1. The summed E-state index contributed by atoms with van der Waals surface area (Å²) in [4.78, 5) is 13.8. The first-order chi connectivity index (χ1) is 10.8. The molecule has 22 heavy (non-hydrogen) atoms. The van der Waals surface area contributed by atoms with Crippen LogP contribution in [-0.2, 0) is 4.79 Å². The number of rotatable bonds is 5. The lowest BCUT2D eigenvalue weighted by atomic mass is 9.76. The van der Waals surface area contributed by atoms with E-state index in [-0.39, 0.29) is 0 Å². The maximum atomic E-state index is 11.8. The molecule has 120 valence electrons. The van der Waals surface area contributed by atoms with Gasteiger partial charge in [-0.05, 0) is 37.2 Å². The molecule has 1 aromatic carbocycles. The Balaban J connectivity index is 1.59. The Labute approximate surface area is 134 Å². The van der Waals surface area contributed by atoms with Crippen LogP contribution >= 0.6 is 0 Å². The highest BCUT2D eigenvalue weighted by Crippen LogP contribution is 2.38. The third-order valence-corrected chi connectivity index (χ3v) is 5.35. The smallest absolute Gasteiger partial charge is 0.222 e. The summed E-state index contributed by atoms with van der Waals surface area (Å²) in [5, 5.41) is 3.91. The molecule has 0 bridgehead atoms. The average Bonchev–Trinajstić information content (AvgIpc) is 2.53. The molecular formula is C19H28N2O. The number of amides is 1. The summed E-state index contributed by atoms with van der Waals surface area (Å²) in [7, 11) is 0. The molecule has 1 aliphatic carbocycles. The molecule has 0 unspecified atom stereocenters. The van der Waals surface area contributed by atoms with Crippen LogP contribution in [-0.4, -0.2) is 29.9 Å². The first-order valence-electron chi connectivity index (χ1n) is 8.86. The highest BCUT2D eigenvalue weighted by atomic mass is 16.2. The van der Waals surface area contributed by atoms with Crippen LogP contribution in [0, 0.1) is 5.92 Å². The fourth-order valence-electron chi connectivity index (χ4n) is 3.71. The monoisotopic (exact) mass is 300 g/mol. The number of nitrogens with one attached hydrogen (secondary N) is 1. The van der Waals surface area contributed by atoms with Crippen molar-refractivity contribution in [2.45, 2.75) is 57.5 Å². The van der Waals surface area contributed by atoms with Crippen LogP contribution < -0.4 is 5.32 Å². The number of benzene rings is 1. The average molecular weight is 300 g/mol. The minimum Gasteiger partial charge on any atom is -0.343 e. The van der Waals surface area contributed by atoms with Gasteiger partial charge in [0.05, 0.1) is 0 Å². The minimum atomic E-state index is 0.303. The van der Waals surface area contributed by atoms with E-state index in [1.165, 1.54) is 24.8 Å². The SMILES string of the molecule is CCC(=O)N1CCC(N[C@H](c2ccccc2)C2CCC2)CC1. The van der Waals surface area contributed by atoms with Crippen LogP contribution in [0.5, 0.6) is 0 Å². The molecule has 1 atom stereocenters. The van der Waals surface area contributed by atoms with E-state index in [9.17, 15) is 4.79 Å². The van der Waals surface area contributed by atoms with Crippen molar-refractivity contribution in [1.82, 2.24) is 10.2 Å². The second-order valence-corrected chi connectivity index (χ2v) is 6.75. The van der Waals surface area contributed by atoms with Crippen molar-refractivity contribution >= 4 is 5.91 Å². The number of nitrogens with zero attached hydrogens (tertiary/aromatic N) is 1. The van der Waals surface area contributed by atoms with Crippen molar-refractivity contribution in [2.24, 2.45) is 5.92 Å². The summed E-state index contributed by atoms with van der Waals surface area (Å²) in [5.41, 5.74) is 1.43. The molecule has 3 heteroatoms. The fourth-order valence-corrected chi connectivity index (χ4v) is 3.71. The van der Waals surface area contributed by atoms with Crippen LogP contribution in [0.15, 0.2) is 30.3 Å². The topological polar surface area (TPSA) is 32.3 Å². The standard InChI is InChI=1S/C19H28N2O/c1-2-18(22)21-13-11-17(12-14-21)20-19(16-9-6-10-16)15-7-4-3-5-8-15/h3-5,7-8,16-17,19-20H,2,6,9-14H2,1H3/t19-/m1/s1. The Morgan fingerprint density at radius 2 is 1.86 bits per heavy atom. The molecule has 1 aliphatic heterocycles. The highest BCUT2D eigenvalue weighted by molar-refractivity contribution is 5.75. The van der Waals surface area contributed by atoms with Crippen molar-refractivity contribution in [3.05, 3.63) is 35.9 Å². The van der Waals surface area contributed by atoms with Crippen LogP contribution in [0.25, 0.3) is 0 Å². The van der Waals surface area contributed by atoms with Crippen molar-refractivity contribution in [3.63, 3.8) is 0 Å². The number of piperidine rings is 1. The molecule has 0 radical (unpaired) electrons. The van der Waals surface area contributed by atoms with E-state index >= 15 is 0 Å². The van der Waals surface area contributed by atoms with Gasteiger partial charge in [0.15, 0.2) is 0 Å². The van der Waals surface area contributed by atoms with E-state index in [1.807, 2.05) is 11.8 Å². The Kier molecular flexibility index (Phi) is 5.14. The molecule has 1 saturated carbocycles. The lowest BCUT2D eigenvalue weighted by Gasteiger charge is -2.40. The minimum absolute atomic E-state index is 0.303. The summed E-state index contributed by atoms with van der Waals surface area (Å²) < 4.78 is 0. The van der Waals surface area contributed by atoms with E-state index in [1.54, 1.807) is 0 Å². The lowest BCUT2D eigenvalue weighted by Crippen LogP contribution is -2.47. The van der Waals surface area contributed by atoms with Crippen LogP contribution in [0.1, 0.15) is 57.1 Å². The third-order valence-electron chi connectivity index (χ3n) is 5.35. The molecule has 0 aromatic heterocycles. The molecule has 2 aliphatic rings. The quantitative estimate of drug-likeness (QED) is 0.902. The summed E-state index contributed by atoms with van der Waals surface area (Å²) in [5.74, 6) is 1.09. The zero-order valence-corrected chi connectivity index (χ0v) is 13.6. The van der Waals surface area contributed by atoms with Crippen molar-refractivity contribution in [3.8, 4) is 0 Å². The number of hydrogen-bond donors (Lipinski definition) is 1. The van der Waals surface area contributed by atoms with Gasteiger partial charge >= 0.3 is 0 Å². The molecule has 1 aromatic rings. The Morgan fingerprint density at radius 1 is 1.18 bits per heavy atom. The van der Waals surface area contributed by atoms with Gasteiger partial charge in [0.25, 0.3) is 0 Å². The number of carbonyl (C=O) groups is 1. The molecular weight excluding hydrogens is 272 g/mol. The van der Waals surface area contributed by atoms with Gasteiger partial charge in [-0.25, -0.2) is 0 Å². The van der Waals surface area contributed by atoms with Crippen molar-refractivity contribution < 1.29 is 4.79 Å². The lowest BCUT2D eigenvalue weighted by molar-refractivity contribution is -0.132. The van der Waals surface area contributed by atoms with Gasteiger partial charge < -0.3 is 10.2 Å². The zero-order valence-electron chi connectivity index (χ0n) is 13.6. The van der Waals surface area contributed by atoms with Gasteiger partial charge in [-0.2, -0.15) is 0 Å². The second-order valence-electron chi connectivity index (χ2n) is 6.75. The van der Waals surface area contributed by atoms with Crippen molar-refractivity contribution in [2.75, 3.05) is 13.1 Å². The largest absolute Gasteiger partial charge is 0.343 e. The first-order valence-corrected chi connectivity index (χ1v) is 8.86. The molecule has 3 nitrogen and oxygen atoms in total. The summed E-state index contributed by atoms with van der Waals surface area (Å²) in [6.07, 6.45) is 6.87. The Morgan fingerprint density at radius 3 is 2.41 bits per heavy atom. The van der Waals surface area contributed by atoms with Gasteiger partial charge in [-0.15, -0.1) is 0 Å². The number of hydrogen-bond acceptors (Lipinski definition) is 2. The maximum absolute atomic E-state index is 11.8. The Hall–Kier alpha value is -1.35. The van der Waals surface area contributed by atoms with Gasteiger partial charge in [0.2, 0.25) is 5.91 Å². The maximum Gasteiger partial charge on any atom is 0.222 e. The van der Waals surface area contributed by atoms with E-state index < -0.39 is 0 Å². The Bertz CT molecular complexity index is 475. The predicted molar refractivity (Wildman–Crippen MR) is 89.6 cm³/mol. The molecule has 3 rings (SSSR count). The fraction of sp³-hybridized carbons (Fsp3) is 0.632. The first kappa shape index (κ1) is 15.5. The third kappa shape index (κ3) is 3.52. The van der Waals surface area contributed by atoms with E-state index in [4.69, 9.17) is 0 Å². The summed E-state index contributed by atoms with van der Waals surface area (Å²) >= 11 is 0. The van der Waals surface area contributed by atoms with Crippen molar-refractivity contribution in [1.29, 1.82) is 0 Å². The van der Waals surface area contributed by atoms with Crippen LogP contribution in [0.4, 0.5) is 0 Å². The molecule has 1 heterocycles. The van der Waals surface area contributed by atoms with Crippen LogP contribution in [0.3, 0.4) is 0 Å². The molecule has 0 spiro atoms. The highest BCUT2D eigenvalue weighted by Gasteiger charge is 2.31. The zero-order chi connectivity index (χ0) is 15.4. The van der Waals surface area contributed by atoms with Gasteiger partial charge in [-0.1, -0.05) is 43.7 Å². The second kappa shape index (κ2) is 7.28. The predicted octanol–water partition coefficient (Wildman–Crippen LogP) is 3.52. The van der Waals surface area contributed by atoms with Crippen LogP contribution in [0.2, 0.25) is 0 Å². The molecule has 2 fully saturated rings. The number of likely N-dealkylation sites (tertiary alicyclic amines) is 1. The van der Waals surface area contributed by atoms with Gasteiger partial charge in [0, 0.05) is 31.6 Å². The summed E-state index contributed by atoms with van der Waals surface area (Å²) in [6.45, 7) is 3.78. The van der Waals surface area contributed by atoms with Gasteiger partial charge in [-0.3, -0.25) is 4.79 Å². The molecule has 1 N–H and O–H groups in total. The van der Waals surface area contributed by atoms with E-state index in [0.29, 0.717) is 24.4 Å². The normalized spacial score (nSPS) is 21.4.